The molecule has 1 unspecified atom stereocenters. The van der Waals surface area contributed by atoms with Crippen LogP contribution in [-0.2, 0) is 24.8 Å². The molecule has 1 aromatic carbocycles. The van der Waals surface area contributed by atoms with Crippen molar-refractivity contribution in [3.63, 3.8) is 0 Å². The summed E-state index contributed by atoms with van der Waals surface area (Å²) in [6, 6.07) is 6.32. The van der Waals surface area contributed by atoms with Crippen LogP contribution in [0.3, 0.4) is 0 Å². The molecule has 1 saturated heterocycles. The van der Waals surface area contributed by atoms with E-state index in [-0.39, 0.29) is 30.1 Å². The number of rotatable bonds is 9. The topological polar surface area (TPSA) is 72.7 Å². The van der Waals surface area contributed by atoms with Crippen LogP contribution in [0.4, 0.5) is 0 Å². The number of aliphatic imine (C=N–C) groups is 1. The number of benzene rings is 1. The standard InChI is InChI=1S/C22H33N5O2.HI/c1-17-8-9-19(21(12-17)29-16-20-7-5-11-28-20)14-25-22(23-2)24-10-4-6-18-13-26-27(3)15-18;/h8-9,12-13,15,20H,4-7,10-11,14,16H2,1-3H3,(H2,23,24,25);1H. The highest BCUT2D eigenvalue weighted by Crippen LogP contribution is 2.22. The Morgan fingerprint density at radius 2 is 2.23 bits per heavy atom. The highest BCUT2D eigenvalue weighted by molar-refractivity contribution is 14.0. The van der Waals surface area contributed by atoms with Crippen LogP contribution in [0.2, 0.25) is 0 Å². The van der Waals surface area contributed by atoms with Gasteiger partial charge in [-0.2, -0.15) is 5.10 Å². The van der Waals surface area contributed by atoms with E-state index in [0.717, 1.165) is 56.1 Å². The van der Waals surface area contributed by atoms with E-state index in [1.165, 1.54) is 11.1 Å². The molecule has 7 nitrogen and oxygen atoms in total. The summed E-state index contributed by atoms with van der Waals surface area (Å²) < 4.78 is 13.6. The van der Waals surface area contributed by atoms with Crippen molar-refractivity contribution in [1.29, 1.82) is 0 Å². The van der Waals surface area contributed by atoms with Crippen LogP contribution in [0, 0.1) is 6.92 Å². The van der Waals surface area contributed by atoms with Crippen LogP contribution >= 0.6 is 24.0 Å². The third kappa shape index (κ3) is 7.79. The lowest BCUT2D eigenvalue weighted by atomic mass is 10.1. The highest BCUT2D eigenvalue weighted by Gasteiger charge is 2.17. The molecule has 2 heterocycles. The van der Waals surface area contributed by atoms with Gasteiger partial charge in [0.15, 0.2) is 5.96 Å². The van der Waals surface area contributed by atoms with E-state index < -0.39 is 0 Å². The minimum atomic E-state index is 0. The third-order valence-corrected chi connectivity index (χ3v) is 5.03. The predicted octanol–water partition coefficient (Wildman–Crippen LogP) is 3.20. The van der Waals surface area contributed by atoms with Crippen LogP contribution in [0.5, 0.6) is 5.75 Å². The average molecular weight is 527 g/mol. The highest BCUT2D eigenvalue weighted by atomic mass is 127. The molecule has 0 aliphatic carbocycles. The van der Waals surface area contributed by atoms with Gasteiger partial charge in [-0.1, -0.05) is 12.1 Å². The Morgan fingerprint density at radius 1 is 1.37 bits per heavy atom. The van der Waals surface area contributed by atoms with Gasteiger partial charge in [-0.3, -0.25) is 9.67 Å². The Hall–Kier alpha value is -1.81. The Morgan fingerprint density at radius 3 is 2.93 bits per heavy atom. The van der Waals surface area contributed by atoms with Gasteiger partial charge < -0.3 is 20.1 Å². The minimum Gasteiger partial charge on any atom is -0.491 e. The molecule has 1 fully saturated rings. The van der Waals surface area contributed by atoms with Crippen molar-refractivity contribution >= 4 is 29.9 Å². The molecule has 8 heteroatoms. The first-order chi connectivity index (χ1) is 14.1. The number of nitrogens with one attached hydrogen (secondary N) is 2. The first-order valence-corrected chi connectivity index (χ1v) is 10.4. The lowest BCUT2D eigenvalue weighted by Crippen LogP contribution is -2.37. The van der Waals surface area contributed by atoms with Crippen LogP contribution < -0.4 is 15.4 Å². The Bertz CT molecular complexity index is 803. The van der Waals surface area contributed by atoms with Gasteiger partial charge in [0.25, 0.3) is 0 Å². The van der Waals surface area contributed by atoms with Gasteiger partial charge in [-0.15, -0.1) is 24.0 Å². The molecule has 2 N–H and O–H groups in total. The maximum Gasteiger partial charge on any atom is 0.191 e. The summed E-state index contributed by atoms with van der Waals surface area (Å²) >= 11 is 0. The zero-order valence-electron chi connectivity index (χ0n) is 18.2. The summed E-state index contributed by atoms with van der Waals surface area (Å²) in [5, 5.41) is 11.0. The van der Waals surface area contributed by atoms with Gasteiger partial charge in [0.2, 0.25) is 0 Å². The molecule has 166 valence electrons. The van der Waals surface area contributed by atoms with E-state index in [1.54, 1.807) is 7.05 Å². The summed E-state index contributed by atoms with van der Waals surface area (Å²) in [5.74, 6) is 1.71. The quantitative estimate of drug-likeness (QED) is 0.227. The van der Waals surface area contributed by atoms with E-state index in [2.05, 4.69) is 52.0 Å². The zero-order valence-corrected chi connectivity index (χ0v) is 20.5. The number of nitrogens with zero attached hydrogens (tertiary/aromatic N) is 3. The van der Waals surface area contributed by atoms with E-state index in [9.17, 15) is 0 Å². The fourth-order valence-electron chi connectivity index (χ4n) is 3.40. The number of guanidine groups is 1. The van der Waals surface area contributed by atoms with Crippen LogP contribution in [0.15, 0.2) is 35.6 Å². The van der Waals surface area contributed by atoms with E-state index >= 15 is 0 Å². The first kappa shape index (κ1) is 24.5. The van der Waals surface area contributed by atoms with Crippen molar-refractivity contribution in [3.05, 3.63) is 47.3 Å². The zero-order chi connectivity index (χ0) is 20.5. The first-order valence-electron chi connectivity index (χ1n) is 10.4. The number of ether oxygens (including phenoxy) is 2. The molecule has 3 rings (SSSR count). The monoisotopic (exact) mass is 527 g/mol. The normalized spacial score (nSPS) is 16.2. The minimum absolute atomic E-state index is 0. The Kier molecular flexibility index (Phi) is 10.4. The van der Waals surface area contributed by atoms with Crippen LogP contribution in [0.25, 0.3) is 0 Å². The fourth-order valence-corrected chi connectivity index (χ4v) is 3.40. The van der Waals surface area contributed by atoms with Crippen molar-refractivity contribution < 1.29 is 9.47 Å². The second-order valence-electron chi connectivity index (χ2n) is 7.54. The van der Waals surface area contributed by atoms with Crippen molar-refractivity contribution in [3.8, 4) is 5.75 Å². The summed E-state index contributed by atoms with van der Waals surface area (Å²) in [5.41, 5.74) is 3.56. The maximum absolute atomic E-state index is 6.08. The Balaban J connectivity index is 0.00000320. The lowest BCUT2D eigenvalue weighted by Gasteiger charge is -2.17. The SMILES string of the molecule is CN=C(NCCCc1cnn(C)c1)NCc1ccc(C)cc1OCC1CCCO1.I. The molecule has 1 atom stereocenters. The smallest absolute Gasteiger partial charge is 0.191 e. The largest absolute Gasteiger partial charge is 0.491 e. The van der Waals surface area contributed by atoms with Crippen LogP contribution in [-0.4, -0.2) is 48.7 Å². The van der Waals surface area contributed by atoms with Crippen molar-refractivity contribution in [2.45, 2.75) is 45.3 Å². The molecule has 2 aromatic rings. The molecule has 0 saturated carbocycles. The van der Waals surface area contributed by atoms with Crippen molar-refractivity contribution in [2.24, 2.45) is 12.0 Å². The molecule has 0 radical (unpaired) electrons. The second-order valence-corrected chi connectivity index (χ2v) is 7.54. The van der Waals surface area contributed by atoms with Gasteiger partial charge in [0.05, 0.1) is 12.3 Å². The molecule has 0 amide bonds. The van der Waals surface area contributed by atoms with Crippen LogP contribution in [0.1, 0.15) is 36.0 Å². The maximum atomic E-state index is 6.08. The lowest BCUT2D eigenvalue weighted by molar-refractivity contribution is 0.0676. The number of halogens is 1. The van der Waals surface area contributed by atoms with Crippen molar-refractivity contribution in [1.82, 2.24) is 20.4 Å². The number of aromatic nitrogens is 2. The number of hydrogen-bond donors (Lipinski definition) is 2. The average Bonchev–Trinajstić information content (AvgIpc) is 3.38. The molecular weight excluding hydrogens is 493 g/mol. The van der Waals surface area contributed by atoms with E-state index in [1.807, 2.05) is 17.9 Å². The molecule has 0 bridgehead atoms. The summed E-state index contributed by atoms with van der Waals surface area (Å²) in [4.78, 5) is 4.33. The Labute approximate surface area is 196 Å². The summed E-state index contributed by atoms with van der Waals surface area (Å²) in [7, 11) is 3.73. The number of hydrogen-bond acceptors (Lipinski definition) is 4. The van der Waals surface area contributed by atoms with Crippen molar-refractivity contribution in [2.75, 3.05) is 26.8 Å². The predicted molar refractivity (Wildman–Crippen MR) is 131 cm³/mol. The second kappa shape index (κ2) is 12.8. The van der Waals surface area contributed by atoms with E-state index in [4.69, 9.17) is 9.47 Å². The number of aryl methyl sites for hydroxylation is 3. The summed E-state index contributed by atoms with van der Waals surface area (Å²) in [6.45, 7) is 5.05. The third-order valence-electron chi connectivity index (χ3n) is 5.03. The molecule has 1 aromatic heterocycles. The molecule has 1 aliphatic heterocycles. The van der Waals surface area contributed by atoms with Gasteiger partial charge in [-0.05, 0) is 49.8 Å². The van der Waals surface area contributed by atoms with E-state index in [0.29, 0.717) is 13.2 Å². The molecule has 0 spiro atoms. The fraction of sp³-hybridized carbons (Fsp3) is 0.545. The van der Waals surface area contributed by atoms with Gasteiger partial charge >= 0.3 is 0 Å². The molecule has 1 aliphatic rings. The summed E-state index contributed by atoms with van der Waals surface area (Å²) in [6.07, 6.45) is 8.41. The van der Waals surface area contributed by atoms with Gasteiger partial charge in [0, 0.05) is 45.6 Å². The van der Waals surface area contributed by atoms with Gasteiger partial charge in [0.1, 0.15) is 12.4 Å². The molecular formula is C22H34IN5O2. The molecule has 30 heavy (non-hydrogen) atoms. The van der Waals surface area contributed by atoms with Gasteiger partial charge in [-0.25, -0.2) is 0 Å².